The fourth-order valence-electron chi connectivity index (χ4n) is 5.07. The van der Waals surface area contributed by atoms with Crippen molar-refractivity contribution in [3.63, 3.8) is 0 Å². The fourth-order valence-corrected chi connectivity index (χ4v) is 5.19. The molecule has 1 fully saturated rings. The molecule has 1 N–H and O–H groups in total. The van der Waals surface area contributed by atoms with Crippen molar-refractivity contribution in [2.45, 2.75) is 32.7 Å². The molecule has 35 heavy (non-hydrogen) atoms. The van der Waals surface area contributed by atoms with Crippen molar-refractivity contribution in [1.29, 1.82) is 0 Å². The van der Waals surface area contributed by atoms with Gasteiger partial charge >= 0.3 is 0 Å². The number of rotatable bonds is 7. The number of hydrogen-bond donors (Lipinski definition) is 1. The van der Waals surface area contributed by atoms with E-state index in [-0.39, 0.29) is 23.7 Å². The van der Waals surface area contributed by atoms with Gasteiger partial charge in [-0.3, -0.25) is 14.5 Å². The van der Waals surface area contributed by atoms with E-state index in [9.17, 15) is 9.59 Å². The third kappa shape index (κ3) is 6.43. The minimum absolute atomic E-state index is 0.0494. The molecular weight excluding hydrogens is 460 g/mol. The first kappa shape index (κ1) is 25.7. The number of nitrogens with one attached hydrogen (secondary N) is 1. The lowest BCUT2D eigenvalue weighted by Crippen LogP contribution is -2.46. The molecule has 7 heteroatoms. The van der Waals surface area contributed by atoms with Gasteiger partial charge < -0.3 is 15.1 Å². The van der Waals surface area contributed by atoms with Gasteiger partial charge in [-0.1, -0.05) is 43.6 Å². The van der Waals surface area contributed by atoms with Gasteiger partial charge in [0.15, 0.2) is 0 Å². The molecule has 2 aromatic rings. The number of carbonyl (C=O) groups excluding carboxylic acids is 2. The van der Waals surface area contributed by atoms with Crippen LogP contribution in [0.3, 0.4) is 0 Å². The second-order valence-electron chi connectivity index (χ2n) is 10.2. The molecule has 2 amide bonds. The third-order valence-electron chi connectivity index (χ3n) is 7.26. The monoisotopic (exact) mass is 496 g/mol. The standard InChI is InChI=1S/C28H37ClN4O2/c1-20(2)26(22-6-8-25(29)9-7-22)28(35)33-12-10-21-4-5-23(18-24(21)19-33)27(34)30-11-13-32-16-14-31(3)15-17-32/h4-9,18,20,26H,10-17,19H2,1-3H3,(H,30,34). The molecule has 2 heterocycles. The molecular formula is C28H37ClN4O2. The summed E-state index contributed by atoms with van der Waals surface area (Å²) in [6.45, 7) is 11.1. The number of halogens is 1. The van der Waals surface area contributed by atoms with Gasteiger partial charge in [0.1, 0.15) is 0 Å². The molecule has 1 atom stereocenters. The van der Waals surface area contributed by atoms with E-state index in [0.717, 1.165) is 50.3 Å². The summed E-state index contributed by atoms with van der Waals surface area (Å²) in [5, 5.41) is 3.74. The number of piperazine rings is 1. The van der Waals surface area contributed by atoms with Gasteiger partial charge in [-0.2, -0.15) is 0 Å². The van der Waals surface area contributed by atoms with Crippen molar-refractivity contribution < 1.29 is 9.59 Å². The SMILES string of the molecule is CC(C)C(C(=O)N1CCc2ccc(C(=O)NCCN3CCN(C)CC3)cc2C1)c1ccc(Cl)cc1. The van der Waals surface area contributed by atoms with Crippen LogP contribution in [0.25, 0.3) is 0 Å². The summed E-state index contributed by atoms with van der Waals surface area (Å²) < 4.78 is 0. The van der Waals surface area contributed by atoms with Gasteiger partial charge in [0, 0.05) is 62.9 Å². The maximum Gasteiger partial charge on any atom is 0.251 e. The molecule has 0 saturated carbocycles. The largest absolute Gasteiger partial charge is 0.351 e. The topological polar surface area (TPSA) is 55.9 Å². The van der Waals surface area contributed by atoms with Crippen LogP contribution in [0.4, 0.5) is 0 Å². The molecule has 0 bridgehead atoms. The first-order valence-corrected chi connectivity index (χ1v) is 13.0. The molecule has 0 spiro atoms. The van der Waals surface area contributed by atoms with Gasteiger partial charge in [-0.05, 0) is 60.3 Å². The van der Waals surface area contributed by atoms with Crippen LogP contribution in [0, 0.1) is 5.92 Å². The van der Waals surface area contributed by atoms with Crippen LogP contribution in [0.1, 0.15) is 46.8 Å². The normalized spacial score (nSPS) is 17.8. The molecule has 4 rings (SSSR count). The van der Waals surface area contributed by atoms with Crippen LogP contribution >= 0.6 is 11.6 Å². The number of benzene rings is 2. The Labute approximate surface area is 214 Å². The quantitative estimate of drug-likeness (QED) is 0.636. The van der Waals surface area contributed by atoms with E-state index in [1.54, 1.807) is 0 Å². The lowest BCUT2D eigenvalue weighted by Gasteiger charge is -2.33. The molecule has 2 aromatic carbocycles. The Kier molecular flexibility index (Phi) is 8.47. The Morgan fingerprint density at radius 3 is 2.37 bits per heavy atom. The Bertz CT molecular complexity index is 1030. The van der Waals surface area contributed by atoms with E-state index < -0.39 is 0 Å². The summed E-state index contributed by atoms with van der Waals surface area (Å²) in [6.07, 6.45) is 0.803. The third-order valence-corrected chi connectivity index (χ3v) is 7.52. The van der Waals surface area contributed by atoms with Gasteiger partial charge in [-0.15, -0.1) is 0 Å². The van der Waals surface area contributed by atoms with Crippen molar-refractivity contribution in [2.24, 2.45) is 5.92 Å². The zero-order valence-corrected chi connectivity index (χ0v) is 21.9. The molecule has 0 aliphatic carbocycles. The maximum atomic E-state index is 13.6. The predicted octanol–water partition coefficient (Wildman–Crippen LogP) is 3.64. The average Bonchev–Trinajstić information content (AvgIpc) is 2.85. The predicted molar refractivity (Wildman–Crippen MR) is 141 cm³/mol. The van der Waals surface area contributed by atoms with Crippen LogP contribution in [0.15, 0.2) is 42.5 Å². The Morgan fingerprint density at radius 1 is 0.971 bits per heavy atom. The Hall–Kier alpha value is -2.41. The minimum atomic E-state index is -0.213. The van der Waals surface area contributed by atoms with Crippen LogP contribution in [-0.4, -0.2) is 79.4 Å². The molecule has 6 nitrogen and oxygen atoms in total. The van der Waals surface area contributed by atoms with Crippen molar-refractivity contribution in [3.8, 4) is 0 Å². The molecule has 1 unspecified atom stereocenters. The summed E-state index contributed by atoms with van der Waals surface area (Å²) >= 11 is 6.07. The van der Waals surface area contributed by atoms with E-state index in [1.807, 2.05) is 47.4 Å². The summed E-state index contributed by atoms with van der Waals surface area (Å²) in [7, 11) is 2.14. The number of likely N-dealkylation sites (N-methyl/N-ethyl adjacent to an activating group) is 1. The van der Waals surface area contributed by atoms with Gasteiger partial charge in [0.2, 0.25) is 5.91 Å². The highest BCUT2D eigenvalue weighted by Gasteiger charge is 2.31. The van der Waals surface area contributed by atoms with Crippen LogP contribution in [0.5, 0.6) is 0 Å². The minimum Gasteiger partial charge on any atom is -0.351 e. The molecule has 2 aliphatic rings. The second kappa shape index (κ2) is 11.5. The van der Waals surface area contributed by atoms with E-state index in [4.69, 9.17) is 11.6 Å². The van der Waals surface area contributed by atoms with Crippen molar-refractivity contribution in [1.82, 2.24) is 20.0 Å². The Balaban J connectivity index is 1.38. The lowest BCUT2D eigenvalue weighted by molar-refractivity contribution is -0.134. The highest BCUT2D eigenvalue weighted by atomic mass is 35.5. The number of fused-ring (bicyclic) bond motifs is 1. The fraction of sp³-hybridized carbons (Fsp3) is 0.500. The average molecular weight is 497 g/mol. The Morgan fingerprint density at radius 2 is 1.69 bits per heavy atom. The number of carbonyl (C=O) groups is 2. The van der Waals surface area contributed by atoms with E-state index in [2.05, 4.69) is 36.0 Å². The molecule has 188 valence electrons. The molecule has 1 saturated heterocycles. The van der Waals surface area contributed by atoms with Crippen LogP contribution in [-0.2, 0) is 17.8 Å². The second-order valence-corrected chi connectivity index (χ2v) is 10.6. The smallest absolute Gasteiger partial charge is 0.251 e. The molecule has 0 aromatic heterocycles. The van der Waals surface area contributed by atoms with Crippen molar-refractivity contribution >= 4 is 23.4 Å². The van der Waals surface area contributed by atoms with E-state index in [1.165, 1.54) is 5.56 Å². The zero-order chi connectivity index (χ0) is 24.9. The van der Waals surface area contributed by atoms with Gasteiger partial charge in [0.25, 0.3) is 5.91 Å². The maximum absolute atomic E-state index is 13.6. The zero-order valence-electron chi connectivity index (χ0n) is 21.1. The van der Waals surface area contributed by atoms with Gasteiger partial charge in [0.05, 0.1) is 5.92 Å². The highest BCUT2D eigenvalue weighted by Crippen LogP contribution is 2.30. The summed E-state index contributed by atoms with van der Waals surface area (Å²) in [5.74, 6) is 0.0407. The van der Waals surface area contributed by atoms with Gasteiger partial charge in [-0.25, -0.2) is 0 Å². The summed E-state index contributed by atoms with van der Waals surface area (Å²) in [5.41, 5.74) is 3.94. The van der Waals surface area contributed by atoms with Crippen molar-refractivity contribution in [2.75, 3.05) is 52.9 Å². The van der Waals surface area contributed by atoms with Crippen LogP contribution < -0.4 is 5.32 Å². The highest BCUT2D eigenvalue weighted by molar-refractivity contribution is 6.30. The molecule has 2 aliphatic heterocycles. The van der Waals surface area contributed by atoms with E-state index >= 15 is 0 Å². The lowest BCUT2D eigenvalue weighted by atomic mass is 9.86. The van der Waals surface area contributed by atoms with Crippen molar-refractivity contribution in [3.05, 3.63) is 69.7 Å². The number of nitrogens with zero attached hydrogens (tertiary/aromatic N) is 3. The van der Waals surface area contributed by atoms with E-state index in [0.29, 0.717) is 30.2 Å². The number of hydrogen-bond acceptors (Lipinski definition) is 4. The molecule has 0 radical (unpaired) electrons. The first-order valence-electron chi connectivity index (χ1n) is 12.7. The van der Waals surface area contributed by atoms with Crippen LogP contribution in [0.2, 0.25) is 5.02 Å². The summed E-state index contributed by atoms with van der Waals surface area (Å²) in [6, 6.07) is 13.5. The first-order chi connectivity index (χ1) is 16.8. The summed E-state index contributed by atoms with van der Waals surface area (Å²) in [4.78, 5) is 33.1. The number of amides is 2.